The summed E-state index contributed by atoms with van der Waals surface area (Å²) in [6.07, 6.45) is 3.77. The van der Waals surface area contributed by atoms with Crippen molar-refractivity contribution in [2.45, 2.75) is 33.3 Å². The quantitative estimate of drug-likeness (QED) is 0.408. The molecule has 0 saturated heterocycles. The zero-order chi connectivity index (χ0) is 13.9. The number of benzene rings is 1. The fourth-order valence-corrected chi connectivity index (χ4v) is 1.61. The van der Waals surface area contributed by atoms with Gasteiger partial charge in [-0.05, 0) is 25.3 Å². The van der Waals surface area contributed by atoms with Crippen molar-refractivity contribution in [3.8, 4) is 0 Å². The maximum Gasteiger partial charge on any atom is 0.302 e. The average molecular weight is 262 g/mol. The average Bonchev–Trinajstić information content (AvgIpc) is 2.41. The SMILES string of the molecule is CC(=O)OCC/C=C(\C)CCOCc1ccccc1. The highest BCUT2D eigenvalue weighted by Gasteiger charge is 1.95. The molecule has 0 saturated carbocycles. The van der Waals surface area contributed by atoms with Crippen molar-refractivity contribution in [3.63, 3.8) is 0 Å². The molecule has 3 nitrogen and oxygen atoms in total. The first-order chi connectivity index (χ1) is 9.18. The van der Waals surface area contributed by atoms with Crippen molar-refractivity contribution < 1.29 is 14.3 Å². The van der Waals surface area contributed by atoms with Gasteiger partial charge in [-0.1, -0.05) is 42.0 Å². The van der Waals surface area contributed by atoms with Gasteiger partial charge in [0.05, 0.1) is 19.8 Å². The van der Waals surface area contributed by atoms with Gasteiger partial charge in [-0.2, -0.15) is 0 Å². The van der Waals surface area contributed by atoms with Crippen LogP contribution in [0.15, 0.2) is 42.0 Å². The van der Waals surface area contributed by atoms with E-state index < -0.39 is 0 Å². The lowest BCUT2D eigenvalue weighted by Gasteiger charge is -2.05. The summed E-state index contributed by atoms with van der Waals surface area (Å²) in [6.45, 7) is 5.32. The molecule has 0 spiro atoms. The van der Waals surface area contributed by atoms with Crippen LogP contribution in [0.5, 0.6) is 0 Å². The molecule has 0 aliphatic rings. The number of carbonyl (C=O) groups is 1. The zero-order valence-electron chi connectivity index (χ0n) is 11.7. The van der Waals surface area contributed by atoms with E-state index in [0.29, 0.717) is 19.8 Å². The Bertz CT molecular complexity index is 396. The van der Waals surface area contributed by atoms with Gasteiger partial charge in [0.1, 0.15) is 0 Å². The van der Waals surface area contributed by atoms with Crippen molar-refractivity contribution in [2.75, 3.05) is 13.2 Å². The Morgan fingerprint density at radius 1 is 1.16 bits per heavy atom. The first kappa shape index (κ1) is 15.4. The Balaban J connectivity index is 2.08. The second kappa shape index (κ2) is 9.34. The van der Waals surface area contributed by atoms with Crippen LogP contribution in [0.4, 0.5) is 0 Å². The van der Waals surface area contributed by atoms with Gasteiger partial charge in [-0.25, -0.2) is 0 Å². The molecule has 1 rings (SSSR count). The number of hydrogen-bond donors (Lipinski definition) is 0. The zero-order valence-corrected chi connectivity index (χ0v) is 11.7. The molecule has 1 aromatic rings. The first-order valence-electron chi connectivity index (χ1n) is 6.59. The maximum absolute atomic E-state index is 10.6. The van der Waals surface area contributed by atoms with E-state index in [9.17, 15) is 4.79 Å². The van der Waals surface area contributed by atoms with Gasteiger partial charge in [0.25, 0.3) is 0 Å². The first-order valence-corrected chi connectivity index (χ1v) is 6.59. The number of carbonyl (C=O) groups excluding carboxylic acids is 1. The summed E-state index contributed by atoms with van der Waals surface area (Å²) in [6, 6.07) is 10.1. The molecule has 3 heteroatoms. The van der Waals surface area contributed by atoms with E-state index >= 15 is 0 Å². The van der Waals surface area contributed by atoms with Gasteiger partial charge in [-0.15, -0.1) is 0 Å². The molecule has 0 unspecified atom stereocenters. The summed E-state index contributed by atoms with van der Waals surface area (Å²) in [5.74, 6) is -0.225. The van der Waals surface area contributed by atoms with Gasteiger partial charge in [0.2, 0.25) is 0 Å². The highest BCUT2D eigenvalue weighted by atomic mass is 16.5. The summed E-state index contributed by atoms with van der Waals surface area (Å²) in [7, 11) is 0. The highest BCUT2D eigenvalue weighted by molar-refractivity contribution is 5.65. The molecular formula is C16H22O3. The van der Waals surface area contributed by atoms with Crippen LogP contribution in [0.25, 0.3) is 0 Å². The van der Waals surface area contributed by atoms with Crippen LogP contribution in [0.3, 0.4) is 0 Å². The lowest BCUT2D eigenvalue weighted by Crippen LogP contribution is -2.00. The van der Waals surface area contributed by atoms with E-state index in [-0.39, 0.29) is 5.97 Å². The Morgan fingerprint density at radius 3 is 2.58 bits per heavy atom. The number of esters is 1. The summed E-state index contributed by atoms with van der Waals surface area (Å²) in [5, 5.41) is 0. The molecule has 0 radical (unpaired) electrons. The third-order valence-corrected chi connectivity index (χ3v) is 2.67. The van der Waals surface area contributed by atoms with E-state index in [1.165, 1.54) is 18.1 Å². The van der Waals surface area contributed by atoms with Crippen molar-refractivity contribution in [1.82, 2.24) is 0 Å². The number of rotatable bonds is 8. The van der Waals surface area contributed by atoms with Crippen molar-refractivity contribution >= 4 is 5.97 Å². The third kappa shape index (κ3) is 8.16. The summed E-state index contributed by atoms with van der Waals surface area (Å²) in [5.41, 5.74) is 2.46. The minimum absolute atomic E-state index is 0.225. The van der Waals surface area contributed by atoms with Gasteiger partial charge >= 0.3 is 5.97 Å². The molecule has 0 aromatic heterocycles. The monoisotopic (exact) mass is 262 g/mol. The van der Waals surface area contributed by atoms with Crippen molar-refractivity contribution in [3.05, 3.63) is 47.5 Å². The Labute approximate surface area is 115 Å². The van der Waals surface area contributed by atoms with Gasteiger partial charge in [0.15, 0.2) is 0 Å². The number of ether oxygens (including phenoxy) is 2. The molecule has 0 aliphatic carbocycles. The van der Waals surface area contributed by atoms with Crippen LogP contribution in [0.1, 0.15) is 32.3 Å². The predicted molar refractivity (Wildman–Crippen MR) is 75.7 cm³/mol. The standard InChI is InChI=1S/C16H22O3/c1-14(7-6-11-19-15(2)17)10-12-18-13-16-8-4-3-5-9-16/h3-5,7-9H,6,10-13H2,1-2H3/b14-7+. The lowest BCUT2D eigenvalue weighted by molar-refractivity contribution is -0.140. The fourth-order valence-electron chi connectivity index (χ4n) is 1.61. The smallest absolute Gasteiger partial charge is 0.302 e. The van der Waals surface area contributed by atoms with Crippen LogP contribution in [-0.4, -0.2) is 19.2 Å². The van der Waals surface area contributed by atoms with Crippen LogP contribution in [0, 0.1) is 0 Å². The third-order valence-electron chi connectivity index (χ3n) is 2.67. The molecule has 0 N–H and O–H groups in total. The fraction of sp³-hybridized carbons (Fsp3) is 0.438. The van der Waals surface area contributed by atoms with Crippen LogP contribution >= 0.6 is 0 Å². The highest BCUT2D eigenvalue weighted by Crippen LogP contribution is 2.05. The van der Waals surface area contributed by atoms with Crippen molar-refractivity contribution in [1.29, 1.82) is 0 Å². The Hall–Kier alpha value is -1.61. The molecule has 0 atom stereocenters. The molecule has 0 bridgehead atoms. The second-order valence-corrected chi connectivity index (χ2v) is 4.47. The molecule has 1 aromatic carbocycles. The molecule has 104 valence electrons. The van der Waals surface area contributed by atoms with Crippen LogP contribution in [0.2, 0.25) is 0 Å². The van der Waals surface area contributed by atoms with Gasteiger partial charge < -0.3 is 9.47 Å². The van der Waals surface area contributed by atoms with E-state index in [1.54, 1.807) is 0 Å². The summed E-state index contributed by atoms with van der Waals surface area (Å²) in [4.78, 5) is 10.6. The van der Waals surface area contributed by atoms with E-state index in [4.69, 9.17) is 9.47 Å². The van der Waals surface area contributed by atoms with Crippen LogP contribution < -0.4 is 0 Å². The van der Waals surface area contributed by atoms with Crippen LogP contribution in [-0.2, 0) is 20.9 Å². The summed E-state index contributed by atoms with van der Waals surface area (Å²) >= 11 is 0. The molecule has 19 heavy (non-hydrogen) atoms. The number of hydrogen-bond acceptors (Lipinski definition) is 3. The summed E-state index contributed by atoms with van der Waals surface area (Å²) < 4.78 is 10.5. The van der Waals surface area contributed by atoms with Crippen molar-refractivity contribution in [2.24, 2.45) is 0 Å². The topological polar surface area (TPSA) is 35.5 Å². The molecule has 0 aliphatic heterocycles. The Morgan fingerprint density at radius 2 is 1.89 bits per heavy atom. The largest absolute Gasteiger partial charge is 0.466 e. The van der Waals surface area contributed by atoms with Gasteiger partial charge in [-0.3, -0.25) is 4.79 Å². The predicted octanol–water partition coefficient (Wildman–Crippen LogP) is 3.49. The van der Waals surface area contributed by atoms with E-state index in [2.05, 4.69) is 25.1 Å². The van der Waals surface area contributed by atoms with E-state index in [0.717, 1.165) is 12.8 Å². The maximum atomic E-state index is 10.6. The Kier molecular flexibility index (Phi) is 7.59. The van der Waals surface area contributed by atoms with Gasteiger partial charge in [0, 0.05) is 6.92 Å². The minimum Gasteiger partial charge on any atom is -0.466 e. The van der Waals surface area contributed by atoms with E-state index in [1.807, 2.05) is 18.2 Å². The normalized spacial score (nSPS) is 11.4. The second-order valence-electron chi connectivity index (χ2n) is 4.47. The molecule has 0 amide bonds. The molecular weight excluding hydrogens is 240 g/mol. The molecule has 0 heterocycles. The minimum atomic E-state index is -0.225. The molecule has 0 fully saturated rings. The lowest BCUT2D eigenvalue weighted by atomic mass is 10.2.